The quantitative estimate of drug-likeness (QED) is 0.559. The first-order valence-electron chi connectivity index (χ1n) is 5.29. The molecule has 1 rings (SSSR count). The lowest BCUT2D eigenvalue weighted by molar-refractivity contribution is 0.101. The molecule has 0 amide bonds. The maximum atomic E-state index is 11.2. The van der Waals surface area contributed by atoms with Gasteiger partial charge < -0.3 is 4.90 Å². The van der Waals surface area contributed by atoms with Crippen LogP contribution in [0.2, 0.25) is 6.32 Å². The summed E-state index contributed by atoms with van der Waals surface area (Å²) in [4.78, 5) is 13.2. The summed E-state index contributed by atoms with van der Waals surface area (Å²) in [5.74, 6) is 0.00167. The van der Waals surface area contributed by atoms with Crippen LogP contribution in [0.1, 0.15) is 21.5 Å². The van der Waals surface area contributed by atoms with Gasteiger partial charge in [0.2, 0.25) is 0 Å². The van der Waals surface area contributed by atoms with Crippen LogP contribution in [0.15, 0.2) is 18.2 Å². The molecule has 0 N–H and O–H groups in total. The molecule has 0 spiro atoms. The molecule has 0 saturated carbocycles. The van der Waals surface area contributed by atoms with Crippen molar-refractivity contribution in [2.45, 2.75) is 20.2 Å². The minimum atomic E-state index is 0.00167. The number of rotatable bonds is 2. The topological polar surface area (TPSA) is 20.3 Å². The highest BCUT2D eigenvalue weighted by Crippen LogP contribution is 2.10. The van der Waals surface area contributed by atoms with E-state index in [0.29, 0.717) is 0 Å². The maximum Gasteiger partial charge on any atom is 0.154 e. The normalized spacial score (nSPS) is 9.62. The Morgan fingerprint density at radius 1 is 1.12 bits per heavy atom. The fourth-order valence-electron chi connectivity index (χ4n) is 1.25. The van der Waals surface area contributed by atoms with E-state index in [2.05, 4.69) is 0 Å². The van der Waals surface area contributed by atoms with Crippen LogP contribution in [0.25, 0.3) is 0 Å². The number of carbonyl (C=O) groups excluding carboxylic acids is 1. The lowest BCUT2D eigenvalue weighted by Gasteiger charge is -2.01. The summed E-state index contributed by atoms with van der Waals surface area (Å²) >= 11 is 0. The number of hydrogen-bond donors (Lipinski definition) is 0. The fraction of sp³-hybridized carbons (Fsp3) is 0.462. The number of aryl methyl sites for hydroxylation is 2. The first kappa shape index (κ1) is 14.9. The minimum Gasteiger partial charge on any atom is -0.312 e. The smallest absolute Gasteiger partial charge is 0.154 e. The van der Waals surface area contributed by atoms with Crippen molar-refractivity contribution in [1.82, 2.24) is 4.90 Å². The van der Waals surface area contributed by atoms with Gasteiger partial charge in [0.1, 0.15) is 0 Å². The average molecular weight is 217 g/mol. The van der Waals surface area contributed by atoms with Gasteiger partial charge in [0.15, 0.2) is 5.78 Å². The third-order valence-corrected chi connectivity index (χ3v) is 1.73. The van der Waals surface area contributed by atoms with Gasteiger partial charge in [0.25, 0.3) is 0 Å². The number of ketones is 1. The first-order chi connectivity index (χ1) is 7.36. The molecule has 16 heavy (non-hydrogen) atoms. The molecule has 0 unspecified atom stereocenters. The van der Waals surface area contributed by atoms with Gasteiger partial charge in [-0.2, -0.15) is 0 Å². The van der Waals surface area contributed by atoms with E-state index in [1.54, 1.807) is 0 Å². The predicted octanol–water partition coefficient (Wildman–Crippen LogP) is 2.25. The molecule has 2 radical (unpaired) electrons. The number of hydrogen-bond acceptors (Lipinski definition) is 2. The van der Waals surface area contributed by atoms with Crippen molar-refractivity contribution in [3.63, 3.8) is 0 Å². The van der Waals surface area contributed by atoms with E-state index in [4.69, 9.17) is 7.85 Å². The van der Waals surface area contributed by atoms with Crippen LogP contribution in [0.4, 0.5) is 0 Å². The van der Waals surface area contributed by atoms with Crippen molar-refractivity contribution < 1.29 is 4.79 Å². The summed E-state index contributed by atoms with van der Waals surface area (Å²) < 4.78 is 0. The molecular weight excluding hydrogens is 197 g/mol. The van der Waals surface area contributed by atoms with E-state index in [9.17, 15) is 4.79 Å². The van der Waals surface area contributed by atoms with Crippen molar-refractivity contribution >= 4 is 13.6 Å². The van der Waals surface area contributed by atoms with E-state index in [1.165, 1.54) is 0 Å². The Labute approximate surface area is 100 Å². The van der Waals surface area contributed by atoms with Gasteiger partial charge in [-0.15, -0.1) is 0 Å². The van der Waals surface area contributed by atoms with E-state index < -0.39 is 0 Å². The molecule has 2 nitrogen and oxygen atoms in total. The van der Waals surface area contributed by atoms with Crippen LogP contribution in [0.5, 0.6) is 0 Å². The summed E-state index contributed by atoms with van der Waals surface area (Å²) in [5.41, 5.74) is 2.92. The number of carbonyl (C=O) groups is 1. The number of nitrogens with zero attached hydrogens (tertiary/aromatic N) is 1. The summed E-state index contributed by atoms with van der Waals surface area (Å²) in [6.07, 6.45) is 0.0862. The lowest BCUT2D eigenvalue weighted by atomic mass is 9.94. The van der Waals surface area contributed by atoms with Gasteiger partial charge in [-0.25, -0.2) is 0 Å². The molecule has 1 aromatic rings. The molecule has 0 heterocycles. The van der Waals surface area contributed by atoms with Crippen LogP contribution in [0.3, 0.4) is 0 Å². The third-order valence-electron chi connectivity index (χ3n) is 1.73. The Hall–Kier alpha value is -1.09. The molecular formula is C13H20BNO. The Bertz CT molecular complexity index is 325. The highest BCUT2D eigenvalue weighted by molar-refractivity contribution is 6.24. The molecule has 0 aliphatic heterocycles. The van der Waals surface area contributed by atoms with Crippen molar-refractivity contribution in [1.29, 1.82) is 0 Å². The van der Waals surface area contributed by atoms with Crippen molar-refractivity contribution in [3.05, 3.63) is 34.9 Å². The van der Waals surface area contributed by atoms with Crippen LogP contribution < -0.4 is 0 Å². The second kappa shape index (κ2) is 7.23. The molecule has 0 aliphatic rings. The van der Waals surface area contributed by atoms with E-state index in [-0.39, 0.29) is 12.1 Å². The largest absolute Gasteiger partial charge is 0.312 e. The second-order valence-corrected chi connectivity index (χ2v) is 4.35. The Balaban J connectivity index is 0.000000487. The molecule has 0 saturated heterocycles. The zero-order valence-corrected chi connectivity index (χ0v) is 10.9. The van der Waals surface area contributed by atoms with Crippen molar-refractivity contribution in [2.75, 3.05) is 21.1 Å². The van der Waals surface area contributed by atoms with Gasteiger partial charge in [0, 0.05) is 5.56 Å². The molecule has 0 bridgehead atoms. The molecule has 86 valence electrons. The monoisotopic (exact) mass is 217 g/mol. The molecule has 1 aromatic carbocycles. The second-order valence-electron chi connectivity index (χ2n) is 4.35. The summed E-state index contributed by atoms with van der Waals surface area (Å²) in [6.45, 7) is 3.95. The van der Waals surface area contributed by atoms with Gasteiger partial charge in [-0.3, -0.25) is 4.79 Å². The van der Waals surface area contributed by atoms with Crippen LogP contribution in [-0.2, 0) is 0 Å². The van der Waals surface area contributed by atoms with Gasteiger partial charge in [0.05, 0.1) is 7.85 Å². The SMILES string of the molecule is CN(C)C.[B]CC(=O)c1cc(C)cc(C)c1. The molecule has 0 fully saturated rings. The predicted molar refractivity (Wildman–Crippen MR) is 70.4 cm³/mol. The first-order valence-corrected chi connectivity index (χ1v) is 5.29. The van der Waals surface area contributed by atoms with Crippen LogP contribution in [0, 0.1) is 13.8 Å². The van der Waals surface area contributed by atoms with E-state index in [0.717, 1.165) is 16.7 Å². The molecule has 0 aliphatic carbocycles. The average Bonchev–Trinajstić information content (AvgIpc) is 2.14. The van der Waals surface area contributed by atoms with Crippen molar-refractivity contribution in [3.8, 4) is 0 Å². The summed E-state index contributed by atoms with van der Waals surface area (Å²) in [5, 5.41) is 0. The van der Waals surface area contributed by atoms with E-state index in [1.807, 2.05) is 58.1 Å². The van der Waals surface area contributed by atoms with Gasteiger partial charge in [-0.05, 0) is 53.4 Å². The molecule has 3 heteroatoms. The number of benzene rings is 1. The van der Waals surface area contributed by atoms with Crippen molar-refractivity contribution in [2.24, 2.45) is 0 Å². The van der Waals surface area contributed by atoms with Gasteiger partial charge in [-0.1, -0.05) is 17.2 Å². The third kappa shape index (κ3) is 6.41. The highest BCUT2D eigenvalue weighted by Gasteiger charge is 2.02. The maximum absolute atomic E-state index is 11.2. The van der Waals surface area contributed by atoms with Gasteiger partial charge >= 0.3 is 0 Å². The molecule has 0 aromatic heterocycles. The summed E-state index contributed by atoms with van der Waals surface area (Å²) in [7, 11) is 11.3. The van der Waals surface area contributed by atoms with Crippen LogP contribution >= 0.6 is 0 Å². The molecule has 0 atom stereocenters. The minimum absolute atomic E-state index is 0.00167. The Kier molecular flexibility index (Phi) is 6.74. The number of Topliss-reactive ketones (excluding diaryl/α,β-unsaturated/α-hetero) is 1. The fourth-order valence-corrected chi connectivity index (χ4v) is 1.25. The Morgan fingerprint density at radius 2 is 1.50 bits per heavy atom. The zero-order valence-electron chi connectivity index (χ0n) is 10.9. The highest BCUT2D eigenvalue weighted by atomic mass is 16.1. The van der Waals surface area contributed by atoms with E-state index >= 15 is 0 Å². The lowest BCUT2D eigenvalue weighted by Crippen LogP contribution is -1.99. The summed E-state index contributed by atoms with van der Waals surface area (Å²) in [6, 6.07) is 5.76. The standard InChI is InChI=1S/C10H11BO.C3H9N/c1-7-3-8(2)5-9(4-7)10(12)6-11;1-4(2)3/h3-5H,6H2,1-2H3;1-3H3. The Morgan fingerprint density at radius 3 is 1.81 bits per heavy atom. The zero-order chi connectivity index (χ0) is 12.7. The van der Waals surface area contributed by atoms with Crippen LogP contribution in [-0.4, -0.2) is 39.7 Å².